The maximum atomic E-state index is 12.3. The molecule has 0 aliphatic carbocycles. The summed E-state index contributed by atoms with van der Waals surface area (Å²) in [4.78, 5) is 12.3. The Hall–Kier alpha value is -2.53. The van der Waals surface area contributed by atoms with E-state index >= 15 is 0 Å². The Kier molecular flexibility index (Phi) is 5.30. The van der Waals surface area contributed by atoms with Gasteiger partial charge in [-0.3, -0.25) is 5.32 Å². The highest BCUT2D eigenvalue weighted by Crippen LogP contribution is 2.32. The van der Waals surface area contributed by atoms with Gasteiger partial charge in [0.05, 0.1) is 19.4 Å². The third kappa shape index (κ3) is 4.25. The molecule has 0 spiro atoms. The lowest BCUT2D eigenvalue weighted by Crippen LogP contribution is -2.39. The number of methoxy groups -OCH3 is 1. The van der Waals surface area contributed by atoms with Gasteiger partial charge in [-0.25, -0.2) is 4.79 Å². The summed E-state index contributed by atoms with van der Waals surface area (Å²) in [6, 6.07) is 16.8. The van der Waals surface area contributed by atoms with Gasteiger partial charge in [-0.1, -0.05) is 30.3 Å². The van der Waals surface area contributed by atoms with E-state index in [4.69, 9.17) is 9.47 Å². The molecule has 5 heteroatoms. The molecule has 2 fully saturated rings. The van der Waals surface area contributed by atoms with E-state index in [-0.39, 0.29) is 6.09 Å². The zero-order valence-corrected chi connectivity index (χ0v) is 15.6. The van der Waals surface area contributed by atoms with Crippen molar-refractivity contribution in [2.45, 2.75) is 37.8 Å². The zero-order chi connectivity index (χ0) is 18.6. The molecule has 2 saturated heterocycles. The number of amides is 1. The highest BCUT2D eigenvalue weighted by Gasteiger charge is 2.33. The zero-order valence-electron chi connectivity index (χ0n) is 15.6. The van der Waals surface area contributed by atoms with Crippen LogP contribution >= 0.6 is 0 Å². The standard InChI is InChI=1S/C22H26N2O3/c1-26-19-10-6-16(7-11-19)20-4-2-3-5-21(20)24-22(25)27-14-15-12-17-8-9-18(13-15)23-17/h2-7,10-11,15,17-18,23H,8-9,12-14H2,1H3,(H,24,25). The third-order valence-corrected chi connectivity index (χ3v) is 5.59. The van der Waals surface area contributed by atoms with Crippen LogP contribution in [0.3, 0.4) is 0 Å². The van der Waals surface area contributed by atoms with Gasteiger partial charge in [0.2, 0.25) is 0 Å². The summed E-state index contributed by atoms with van der Waals surface area (Å²) in [5.41, 5.74) is 2.72. The lowest BCUT2D eigenvalue weighted by atomic mass is 9.93. The van der Waals surface area contributed by atoms with E-state index in [9.17, 15) is 4.79 Å². The van der Waals surface area contributed by atoms with E-state index < -0.39 is 0 Å². The molecule has 2 unspecified atom stereocenters. The minimum Gasteiger partial charge on any atom is -0.497 e. The van der Waals surface area contributed by atoms with Crippen LogP contribution in [0.4, 0.5) is 10.5 Å². The van der Waals surface area contributed by atoms with Crippen LogP contribution in [0.25, 0.3) is 11.1 Å². The van der Waals surface area contributed by atoms with Crippen LogP contribution in [0.15, 0.2) is 48.5 Å². The van der Waals surface area contributed by atoms with Gasteiger partial charge in [0.1, 0.15) is 5.75 Å². The van der Waals surface area contributed by atoms with E-state index in [2.05, 4.69) is 10.6 Å². The van der Waals surface area contributed by atoms with Crippen LogP contribution in [-0.4, -0.2) is 31.9 Å². The van der Waals surface area contributed by atoms with Crippen molar-refractivity contribution in [3.63, 3.8) is 0 Å². The van der Waals surface area contributed by atoms with Gasteiger partial charge in [0.15, 0.2) is 0 Å². The quantitative estimate of drug-likeness (QED) is 0.821. The van der Waals surface area contributed by atoms with Crippen molar-refractivity contribution >= 4 is 11.8 Å². The van der Waals surface area contributed by atoms with Gasteiger partial charge in [-0.15, -0.1) is 0 Å². The summed E-state index contributed by atoms with van der Waals surface area (Å²) in [6.45, 7) is 0.491. The third-order valence-electron chi connectivity index (χ3n) is 5.59. The molecule has 2 aliphatic heterocycles. The second-order valence-electron chi connectivity index (χ2n) is 7.47. The number of hydrogen-bond donors (Lipinski definition) is 2. The van der Waals surface area contributed by atoms with Crippen LogP contribution in [0, 0.1) is 5.92 Å². The van der Waals surface area contributed by atoms with Crippen LogP contribution in [-0.2, 0) is 4.74 Å². The minimum absolute atomic E-state index is 0.387. The molecule has 4 rings (SSSR count). The van der Waals surface area contributed by atoms with Crippen molar-refractivity contribution in [2.24, 2.45) is 5.92 Å². The molecule has 2 N–H and O–H groups in total. The molecule has 2 aromatic carbocycles. The molecule has 27 heavy (non-hydrogen) atoms. The molecule has 2 aromatic rings. The van der Waals surface area contributed by atoms with Gasteiger partial charge in [0.25, 0.3) is 0 Å². The molecule has 142 valence electrons. The van der Waals surface area contributed by atoms with Gasteiger partial charge in [0, 0.05) is 17.6 Å². The van der Waals surface area contributed by atoms with Crippen molar-refractivity contribution < 1.29 is 14.3 Å². The van der Waals surface area contributed by atoms with Crippen molar-refractivity contribution in [2.75, 3.05) is 19.0 Å². The number of anilines is 1. The Balaban J connectivity index is 1.38. The topological polar surface area (TPSA) is 59.6 Å². The number of carbonyl (C=O) groups is 1. The first kappa shape index (κ1) is 17.9. The molecule has 2 atom stereocenters. The summed E-state index contributed by atoms with van der Waals surface area (Å²) in [5.74, 6) is 1.27. The number of carbonyl (C=O) groups excluding carboxylic acids is 1. The number of para-hydroxylation sites is 1. The van der Waals surface area contributed by atoms with Crippen LogP contribution in [0.1, 0.15) is 25.7 Å². The smallest absolute Gasteiger partial charge is 0.411 e. The first-order valence-electron chi connectivity index (χ1n) is 9.64. The molecule has 0 aromatic heterocycles. The average molecular weight is 366 g/mol. The van der Waals surface area contributed by atoms with Gasteiger partial charge in [-0.05, 0) is 55.4 Å². The number of ether oxygens (including phenoxy) is 2. The molecule has 2 bridgehead atoms. The number of fused-ring (bicyclic) bond motifs is 2. The molecule has 5 nitrogen and oxygen atoms in total. The predicted octanol–water partition coefficient (Wildman–Crippen LogP) is 4.44. The monoisotopic (exact) mass is 366 g/mol. The second kappa shape index (κ2) is 8.01. The summed E-state index contributed by atoms with van der Waals surface area (Å²) in [5, 5.41) is 6.52. The van der Waals surface area contributed by atoms with Crippen LogP contribution in [0.2, 0.25) is 0 Å². The van der Waals surface area contributed by atoms with Crippen molar-refractivity contribution in [1.82, 2.24) is 5.32 Å². The summed E-state index contributed by atoms with van der Waals surface area (Å²) >= 11 is 0. The normalized spacial score (nSPS) is 23.7. The Morgan fingerprint density at radius 2 is 1.78 bits per heavy atom. The molecular formula is C22H26N2O3. The Morgan fingerprint density at radius 3 is 2.48 bits per heavy atom. The van der Waals surface area contributed by atoms with Gasteiger partial charge >= 0.3 is 6.09 Å². The first-order chi connectivity index (χ1) is 13.2. The summed E-state index contributed by atoms with van der Waals surface area (Å²) in [7, 11) is 1.65. The van der Waals surface area contributed by atoms with Crippen LogP contribution in [0.5, 0.6) is 5.75 Å². The fraction of sp³-hybridized carbons (Fsp3) is 0.409. The van der Waals surface area contributed by atoms with Crippen molar-refractivity contribution in [3.8, 4) is 16.9 Å². The first-order valence-corrected chi connectivity index (χ1v) is 9.64. The van der Waals surface area contributed by atoms with E-state index in [0.717, 1.165) is 35.4 Å². The maximum absolute atomic E-state index is 12.3. The number of benzene rings is 2. The van der Waals surface area contributed by atoms with E-state index in [0.29, 0.717) is 24.6 Å². The maximum Gasteiger partial charge on any atom is 0.411 e. The largest absolute Gasteiger partial charge is 0.497 e. The molecular weight excluding hydrogens is 340 g/mol. The number of nitrogens with one attached hydrogen (secondary N) is 2. The molecule has 2 heterocycles. The van der Waals surface area contributed by atoms with Crippen LogP contribution < -0.4 is 15.4 Å². The molecule has 0 radical (unpaired) electrons. The number of hydrogen-bond acceptors (Lipinski definition) is 4. The van der Waals surface area contributed by atoms with E-state index in [1.54, 1.807) is 7.11 Å². The number of piperidine rings is 1. The van der Waals surface area contributed by atoms with E-state index in [1.165, 1.54) is 12.8 Å². The lowest BCUT2D eigenvalue weighted by molar-refractivity contribution is 0.122. The Labute approximate surface area is 160 Å². The van der Waals surface area contributed by atoms with Crippen molar-refractivity contribution in [3.05, 3.63) is 48.5 Å². The Bertz CT molecular complexity index is 778. The van der Waals surface area contributed by atoms with Crippen molar-refractivity contribution in [1.29, 1.82) is 0 Å². The molecule has 1 amide bonds. The molecule has 2 aliphatic rings. The minimum atomic E-state index is -0.387. The SMILES string of the molecule is COc1ccc(-c2ccccc2NC(=O)OCC2CC3CCC(C2)N3)cc1. The second-order valence-corrected chi connectivity index (χ2v) is 7.47. The van der Waals surface area contributed by atoms with Gasteiger partial charge in [-0.2, -0.15) is 0 Å². The summed E-state index contributed by atoms with van der Waals surface area (Å²) in [6.07, 6.45) is 4.32. The summed E-state index contributed by atoms with van der Waals surface area (Å²) < 4.78 is 10.8. The molecule has 0 saturated carbocycles. The highest BCUT2D eigenvalue weighted by molar-refractivity contribution is 5.91. The van der Waals surface area contributed by atoms with E-state index in [1.807, 2.05) is 48.5 Å². The number of rotatable bonds is 5. The average Bonchev–Trinajstić information content (AvgIpc) is 3.05. The van der Waals surface area contributed by atoms with Gasteiger partial charge < -0.3 is 14.8 Å². The predicted molar refractivity (Wildman–Crippen MR) is 106 cm³/mol. The fourth-order valence-electron chi connectivity index (χ4n) is 4.27. The Morgan fingerprint density at radius 1 is 1.07 bits per heavy atom. The highest BCUT2D eigenvalue weighted by atomic mass is 16.5. The lowest BCUT2D eigenvalue weighted by Gasteiger charge is -2.28. The fourth-order valence-corrected chi connectivity index (χ4v) is 4.27.